The Morgan fingerprint density at radius 1 is 0.893 bits per heavy atom. The zero-order valence-electron chi connectivity index (χ0n) is 15.0. The van der Waals surface area contributed by atoms with E-state index in [1.54, 1.807) is 6.07 Å². The molecular formula is C20H18BrF3N4. The molecule has 28 heavy (non-hydrogen) atoms. The molecule has 3 aromatic rings. The zero-order chi connectivity index (χ0) is 19.8. The van der Waals surface area contributed by atoms with Crippen LogP contribution < -0.4 is 0 Å². The highest BCUT2D eigenvalue weighted by Crippen LogP contribution is 2.43. The zero-order valence-corrected chi connectivity index (χ0v) is 16.5. The molecule has 1 saturated carbocycles. The molecule has 0 aliphatic heterocycles. The first-order valence-corrected chi connectivity index (χ1v) is 9.92. The van der Waals surface area contributed by atoms with Gasteiger partial charge in [-0.15, -0.1) is 0 Å². The SMILES string of the molecule is FC(F)(F)c1ccn(-c2cccc(C3(c4cccc(Br)n4)CCCCC3)n2)n1. The number of hydrogen-bond acceptors (Lipinski definition) is 3. The van der Waals surface area contributed by atoms with E-state index in [1.165, 1.54) is 10.9 Å². The Labute approximate surface area is 169 Å². The van der Waals surface area contributed by atoms with E-state index in [1.807, 2.05) is 30.3 Å². The van der Waals surface area contributed by atoms with E-state index in [-0.39, 0.29) is 5.41 Å². The second-order valence-corrected chi connectivity index (χ2v) is 7.83. The summed E-state index contributed by atoms with van der Waals surface area (Å²) in [5, 5.41) is 3.65. The van der Waals surface area contributed by atoms with Gasteiger partial charge in [0.15, 0.2) is 11.5 Å². The molecule has 3 heterocycles. The molecule has 0 spiro atoms. The van der Waals surface area contributed by atoms with Crippen LogP contribution >= 0.6 is 15.9 Å². The molecule has 0 bridgehead atoms. The molecule has 0 unspecified atom stereocenters. The molecule has 1 aliphatic carbocycles. The van der Waals surface area contributed by atoms with E-state index < -0.39 is 11.9 Å². The van der Waals surface area contributed by atoms with E-state index in [2.05, 4.69) is 26.0 Å². The summed E-state index contributed by atoms with van der Waals surface area (Å²) in [4.78, 5) is 9.41. The Morgan fingerprint density at radius 3 is 2.21 bits per heavy atom. The molecule has 0 atom stereocenters. The smallest absolute Gasteiger partial charge is 0.245 e. The number of aromatic nitrogens is 4. The van der Waals surface area contributed by atoms with Gasteiger partial charge in [-0.1, -0.05) is 31.4 Å². The van der Waals surface area contributed by atoms with Crippen LogP contribution in [0, 0.1) is 0 Å². The van der Waals surface area contributed by atoms with Crippen LogP contribution in [-0.2, 0) is 11.6 Å². The molecule has 1 fully saturated rings. The monoisotopic (exact) mass is 450 g/mol. The van der Waals surface area contributed by atoms with Gasteiger partial charge in [-0.2, -0.15) is 18.3 Å². The number of pyridine rings is 2. The molecule has 0 amide bonds. The van der Waals surface area contributed by atoms with Crippen LogP contribution in [0.3, 0.4) is 0 Å². The van der Waals surface area contributed by atoms with Crippen molar-refractivity contribution in [3.8, 4) is 5.82 Å². The normalized spacial score (nSPS) is 16.9. The molecule has 3 aromatic heterocycles. The lowest BCUT2D eigenvalue weighted by Crippen LogP contribution is -2.33. The average molecular weight is 451 g/mol. The fourth-order valence-electron chi connectivity index (χ4n) is 3.89. The molecule has 4 rings (SSSR count). The number of alkyl halides is 3. The Hall–Kier alpha value is -2.22. The summed E-state index contributed by atoms with van der Waals surface area (Å²) in [6, 6.07) is 12.2. The molecule has 0 aromatic carbocycles. The number of halogens is 4. The van der Waals surface area contributed by atoms with E-state index in [4.69, 9.17) is 4.98 Å². The standard InChI is InChI=1S/C20H18BrF3N4/c21-17-8-4-6-14(25-17)19(11-2-1-3-12-19)15-7-5-9-18(26-15)28-13-10-16(27-28)20(22,23)24/h4-10,13H,1-3,11-12H2. The maximum absolute atomic E-state index is 12.9. The summed E-state index contributed by atoms with van der Waals surface area (Å²) >= 11 is 3.45. The Balaban J connectivity index is 1.78. The van der Waals surface area contributed by atoms with Crippen LogP contribution in [0.4, 0.5) is 13.2 Å². The summed E-state index contributed by atoms with van der Waals surface area (Å²) in [6.45, 7) is 0. The highest BCUT2D eigenvalue weighted by molar-refractivity contribution is 9.10. The van der Waals surface area contributed by atoms with Gasteiger partial charge in [0.25, 0.3) is 0 Å². The number of hydrogen-bond donors (Lipinski definition) is 0. The Kier molecular flexibility index (Phi) is 4.99. The van der Waals surface area contributed by atoms with Crippen LogP contribution in [0.5, 0.6) is 0 Å². The van der Waals surface area contributed by atoms with Gasteiger partial charge in [-0.3, -0.25) is 0 Å². The van der Waals surface area contributed by atoms with Crippen LogP contribution in [0.25, 0.3) is 5.82 Å². The van der Waals surface area contributed by atoms with Gasteiger partial charge in [-0.25, -0.2) is 14.6 Å². The second kappa shape index (κ2) is 7.31. The molecule has 146 valence electrons. The largest absolute Gasteiger partial charge is 0.435 e. The third-order valence-electron chi connectivity index (χ3n) is 5.25. The lowest BCUT2D eigenvalue weighted by Gasteiger charge is -2.36. The summed E-state index contributed by atoms with van der Waals surface area (Å²) in [6.07, 6.45) is 1.89. The van der Waals surface area contributed by atoms with Gasteiger partial charge in [0.1, 0.15) is 4.60 Å². The van der Waals surface area contributed by atoms with Gasteiger partial charge >= 0.3 is 6.18 Å². The van der Waals surface area contributed by atoms with Gasteiger partial charge in [0, 0.05) is 6.20 Å². The molecular weight excluding hydrogens is 433 g/mol. The van der Waals surface area contributed by atoms with E-state index in [0.29, 0.717) is 5.82 Å². The molecule has 8 heteroatoms. The van der Waals surface area contributed by atoms with Gasteiger partial charge in [-0.05, 0) is 59.1 Å². The third-order valence-corrected chi connectivity index (χ3v) is 5.69. The molecule has 0 saturated heterocycles. The van der Waals surface area contributed by atoms with Crippen molar-refractivity contribution in [2.45, 2.75) is 43.7 Å². The topological polar surface area (TPSA) is 43.6 Å². The van der Waals surface area contributed by atoms with Crippen LogP contribution in [0.2, 0.25) is 0 Å². The summed E-state index contributed by atoms with van der Waals surface area (Å²) in [5.41, 5.74) is 0.473. The van der Waals surface area contributed by atoms with E-state index in [9.17, 15) is 13.2 Å². The maximum Gasteiger partial charge on any atom is 0.435 e. The lowest BCUT2D eigenvalue weighted by molar-refractivity contribution is -0.141. The van der Waals surface area contributed by atoms with E-state index >= 15 is 0 Å². The highest BCUT2D eigenvalue weighted by Gasteiger charge is 2.39. The molecule has 4 nitrogen and oxygen atoms in total. The maximum atomic E-state index is 12.9. The molecule has 0 N–H and O–H groups in total. The fourth-order valence-corrected chi connectivity index (χ4v) is 4.24. The van der Waals surface area contributed by atoms with Crippen molar-refractivity contribution in [2.24, 2.45) is 0 Å². The summed E-state index contributed by atoms with van der Waals surface area (Å²) in [7, 11) is 0. The minimum Gasteiger partial charge on any atom is -0.245 e. The van der Waals surface area contributed by atoms with Gasteiger partial charge < -0.3 is 0 Å². The third kappa shape index (κ3) is 3.57. The quantitative estimate of drug-likeness (QED) is 0.481. The lowest BCUT2D eigenvalue weighted by atomic mass is 9.69. The van der Waals surface area contributed by atoms with Crippen LogP contribution in [0.1, 0.15) is 49.2 Å². The summed E-state index contributed by atoms with van der Waals surface area (Å²) < 4.78 is 40.6. The second-order valence-electron chi connectivity index (χ2n) is 7.01. The molecule has 1 aliphatic rings. The Morgan fingerprint density at radius 2 is 1.57 bits per heavy atom. The van der Waals surface area contributed by atoms with E-state index in [0.717, 1.165) is 54.2 Å². The van der Waals surface area contributed by atoms with Crippen molar-refractivity contribution >= 4 is 15.9 Å². The molecule has 0 radical (unpaired) electrons. The van der Waals surface area contributed by atoms with Crippen LogP contribution in [-0.4, -0.2) is 19.7 Å². The average Bonchev–Trinajstić information content (AvgIpc) is 3.19. The van der Waals surface area contributed by atoms with Crippen molar-refractivity contribution in [2.75, 3.05) is 0 Å². The minimum absolute atomic E-state index is 0.349. The highest BCUT2D eigenvalue weighted by atomic mass is 79.9. The van der Waals surface area contributed by atoms with Crippen molar-refractivity contribution in [3.05, 3.63) is 70.3 Å². The Bertz CT molecular complexity index is 977. The van der Waals surface area contributed by atoms with Crippen molar-refractivity contribution in [1.29, 1.82) is 0 Å². The summed E-state index contributed by atoms with van der Waals surface area (Å²) in [5.74, 6) is 0.368. The van der Waals surface area contributed by atoms with Crippen LogP contribution in [0.15, 0.2) is 53.3 Å². The van der Waals surface area contributed by atoms with Gasteiger partial charge in [0.2, 0.25) is 0 Å². The first-order chi connectivity index (χ1) is 13.4. The van der Waals surface area contributed by atoms with Crippen molar-refractivity contribution in [3.63, 3.8) is 0 Å². The number of nitrogens with zero attached hydrogens (tertiary/aromatic N) is 4. The minimum atomic E-state index is -4.48. The first-order valence-electron chi connectivity index (χ1n) is 9.12. The predicted octanol–water partition coefficient (Wildman–Crippen LogP) is 5.69. The van der Waals surface area contributed by atoms with Gasteiger partial charge in [0.05, 0.1) is 16.8 Å². The first kappa shape index (κ1) is 19.1. The van der Waals surface area contributed by atoms with Crippen molar-refractivity contribution < 1.29 is 13.2 Å². The fraction of sp³-hybridized carbons (Fsp3) is 0.350. The number of rotatable bonds is 3. The predicted molar refractivity (Wildman–Crippen MR) is 102 cm³/mol. The van der Waals surface area contributed by atoms with Crippen molar-refractivity contribution in [1.82, 2.24) is 19.7 Å².